The number of nitrogens with one attached hydrogen (secondary N) is 2. The molecule has 0 heterocycles. The Kier molecular flexibility index (Phi) is 5.95. The summed E-state index contributed by atoms with van der Waals surface area (Å²) in [5, 5.41) is 5.60. The Labute approximate surface area is 142 Å². The number of carbonyl (C=O) groups is 2. The van der Waals surface area contributed by atoms with Gasteiger partial charge in [-0.3, -0.25) is 9.59 Å². The lowest BCUT2D eigenvalue weighted by atomic mass is 10.0. The van der Waals surface area contributed by atoms with Crippen LogP contribution in [0.25, 0.3) is 0 Å². The third-order valence-corrected chi connectivity index (χ3v) is 3.58. The minimum absolute atomic E-state index is 0.0598. The zero-order chi connectivity index (χ0) is 17.5. The summed E-state index contributed by atoms with van der Waals surface area (Å²) >= 11 is 0. The molecule has 24 heavy (non-hydrogen) atoms. The lowest BCUT2D eigenvalue weighted by Crippen LogP contribution is -2.31. The van der Waals surface area contributed by atoms with Crippen LogP contribution in [-0.4, -0.2) is 18.4 Å². The Bertz CT molecular complexity index is 711. The Morgan fingerprint density at radius 3 is 2.38 bits per heavy atom. The van der Waals surface area contributed by atoms with Gasteiger partial charge in [-0.25, -0.2) is 0 Å². The van der Waals surface area contributed by atoms with Gasteiger partial charge in [0.2, 0.25) is 5.91 Å². The molecule has 0 aromatic heterocycles. The third-order valence-electron chi connectivity index (χ3n) is 3.58. The van der Waals surface area contributed by atoms with E-state index in [0.717, 1.165) is 11.1 Å². The molecule has 0 fully saturated rings. The van der Waals surface area contributed by atoms with Crippen LogP contribution in [0.4, 0.5) is 5.69 Å². The SMILES string of the molecule is CC(=O)Nc1ccc(OCC(=O)NC(C)c2ccccc2C)cc1. The lowest BCUT2D eigenvalue weighted by molar-refractivity contribution is -0.123. The highest BCUT2D eigenvalue weighted by Crippen LogP contribution is 2.17. The molecule has 126 valence electrons. The number of carbonyl (C=O) groups excluding carboxylic acids is 2. The predicted molar refractivity (Wildman–Crippen MR) is 94.0 cm³/mol. The number of aryl methyl sites for hydroxylation is 1. The first-order chi connectivity index (χ1) is 11.5. The molecule has 2 amide bonds. The van der Waals surface area contributed by atoms with E-state index in [1.807, 2.05) is 38.1 Å². The van der Waals surface area contributed by atoms with Crippen LogP contribution in [0.1, 0.15) is 31.0 Å². The number of benzene rings is 2. The van der Waals surface area contributed by atoms with Crippen molar-refractivity contribution in [3.63, 3.8) is 0 Å². The molecule has 0 radical (unpaired) electrons. The summed E-state index contributed by atoms with van der Waals surface area (Å²) < 4.78 is 5.47. The van der Waals surface area contributed by atoms with Gasteiger partial charge in [0.25, 0.3) is 5.91 Å². The van der Waals surface area contributed by atoms with Crippen LogP contribution in [0.5, 0.6) is 5.75 Å². The summed E-state index contributed by atoms with van der Waals surface area (Å²) in [6, 6.07) is 14.7. The molecule has 0 spiro atoms. The van der Waals surface area contributed by atoms with E-state index in [1.54, 1.807) is 24.3 Å². The third kappa shape index (κ3) is 5.12. The van der Waals surface area contributed by atoms with Gasteiger partial charge in [-0.1, -0.05) is 24.3 Å². The van der Waals surface area contributed by atoms with E-state index in [4.69, 9.17) is 4.74 Å². The van der Waals surface area contributed by atoms with Gasteiger partial charge >= 0.3 is 0 Å². The van der Waals surface area contributed by atoms with Gasteiger partial charge in [0.1, 0.15) is 5.75 Å². The van der Waals surface area contributed by atoms with E-state index in [-0.39, 0.29) is 24.5 Å². The van der Waals surface area contributed by atoms with Crippen molar-refractivity contribution in [2.75, 3.05) is 11.9 Å². The van der Waals surface area contributed by atoms with E-state index in [2.05, 4.69) is 10.6 Å². The number of hydrogen-bond donors (Lipinski definition) is 2. The van der Waals surface area contributed by atoms with Gasteiger partial charge in [-0.05, 0) is 49.2 Å². The molecule has 1 unspecified atom stereocenters. The summed E-state index contributed by atoms with van der Waals surface area (Å²) in [4.78, 5) is 23.0. The largest absolute Gasteiger partial charge is 0.484 e. The second-order valence-electron chi connectivity index (χ2n) is 5.64. The second kappa shape index (κ2) is 8.15. The molecule has 0 aliphatic carbocycles. The van der Waals surface area contributed by atoms with Crippen LogP contribution in [-0.2, 0) is 9.59 Å². The minimum atomic E-state index is -0.184. The summed E-state index contributed by atoms with van der Waals surface area (Å²) in [7, 11) is 0. The molecule has 1 atom stereocenters. The van der Waals surface area contributed by atoms with E-state index in [9.17, 15) is 9.59 Å². The predicted octanol–water partition coefficient (Wildman–Crippen LogP) is 3.21. The van der Waals surface area contributed by atoms with Crippen LogP contribution in [0, 0.1) is 6.92 Å². The Balaban J connectivity index is 1.84. The number of hydrogen-bond acceptors (Lipinski definition) is 3. The monoisotopic (exact) mass is 326 g/mol. The zero-order valence-electron chi connectivity index (χ0n) is 14.1. The summed E-state index contributed by atoms with van der Waals surface area (Å²) in [5.74, 6) is 0.257. The average molecular weight is 326 g/mol. The summed E-state index contributed by atoms with van der Waals surface area (Å²) in [6.45, 7) is 5.35. The maximum atomic E-state index is 12.0. The molecule has 5 heteroatoms. The molecule has 0 bridgehead atoms. The molecule has 0 saturated carbocycles. The molecule has 0 aliphatic rings. The average Bonchev–Trinajstić information content (AvgIpc) is 2.54. The molecular weight excluding hydrogens is 304 g/mol. The van der Waals surface area contributed by atoms with Gasteiger partial charge in [-0.2, -0.15) is 0 Å². The zero-order valence-corrected chi connectivity index (χ0v) is 14.1. The molecular formula is C19H22N2O3. The lowest BCUT2D eigenvalue weighted by Gasteiger charge is -2.16. The van der Waals surface area contributed by atoms with Crippen LogP contribution in [0.15, 0.2) is 48.5 Å². The molecule has 2 aromatic rings. The first kappa shape index (κ1) is 17.5. The summed E-state index contributed by atoms with van der Waals surface area (Å²) in [6.07, 6.45) is 0. The fourth-order valence-corrected chi connectivity index (χ4v) is 2.42. The highest BCUT2D eigenvalue weighted by molar-refractivity contribution is 5.88. The van der Waals surface area contributed by atoms with Gasteiger partial charge in [0.05, 0.1) is 6.04 Å². The quantitative estimate of drug-likeness (QED) is 0.856. The molecule has 0 saturated heterocycles. The highest BCUT2D eigenvalue weighted by atomic mass is 16.5. The first-order valence-electron chi connectivity index (χ1n) is 7.81. The Morgan fingerprint density at radius 1 is 1.08 bits per heavy atom. The highest BCUT2D eigenvalue weighted by Gasteiger charge is 2.11. The topological polar surface area (TPSA) is 67.4 Å². The van der Waals surface area contributed by atoms with Crippen molar-refractivity contribution in [1.82, 2.24) is 5.32 Å². The van der Waals surface area contributed by atoms with Crippen LogP contribution in [0.3, 0.4) is 0 Å². The van der Waals surface area contributed by atoms with Crippen molar-refractivity contribution in [2.24, 2.45) is 0 Å². The fourth-order valence-electron chi connectivity index (χ4n) is 2.42. The summed E-state index contributed by atoms with van der Waals surface area (Å²) in [5.41, 5.74) is 2.91. The molecule has 0 aliphatic heterocycles. The Morgan fingerprint density at radius 2 is 1.75 bits per heavy atom. The van der Waals surface area contributed by atoms with Gasteiger partial charge in [0, 0.05) is 12.6 Å². The molecule has 2 rings (SSSR count). The number of ether oxygens (including phenoxy) is 1. The van der Waals surface area contributed by atoms with Crippen molar-refractivity contribution in [3.8, 4) is 5.75 Å². The van der Waals surface area contributed by atoms with Crippen LogP contribution >= 0.6 is 0 Å². The normalized spacial score (nSPS) is 11.5. The van der Waals surface area contributed by atoms with E-state index in [1.165, 1.54) is 6.92 Å². The van der Waals surface area contributed by atoms with Crippen molar-refractivity contribution in [1.29, 1.82) is 0 Å². The number of rotatable bonds is 6. The maximum Gasteiger partial charge on any atom is 0.258 e. The molecule has 2 N–H and O–H groups in total. The van der Waals surface area contributed by atoms with E-state index in [0.29, 0.717) is 11.4 Å². The van der Waals surface area contributed by atoms with Crippen molar-refractivity contribution < 1.29 is 14.3 Å². The van der Waals surface area contributed by atoms with E-state index >= 15 is 0 Å². The fraction of sp³-hybridized carbons (Fsp3) is 0.263. The maximum absolute atomic E-state index is 12.0. The number of amides is 2. The standard InChI is InChI=1S/C19H22N2O3/c1-13-6-4-5-7-18(13)14(2)20-19(23)12-24-17-10-8-16(9-11-17)21-15(3)22/h4-11,14H,12H2,1-3H3,(H,20,23)(H,21,22). The van der Waals surface area contributed by atoms with Crippen molar-refractivity contribution >= 4 is 17.5 Å². The van der Waals surface area contributed by atoms with Gasteiger partial charge < -0.3 is 15.4 Å². The van der Waals surface area contributed by atoms with Crippen LogP contribution in [0.2, 0.25) is 0 Å². The Hall–Kier alpha value is -2.82. The van der Waals surface area contributed by atoms with Gasteiger partial charge in [0.15, 0.2) is 6.61 Å². The van der Waals surface area contributed by atoms with Gasteiger partial charge in [-0.15, -0.1) is 0 Å². The van der Waals surface area contributed by atoms with E-state index < -0.39 is 0 Å². The van der Waals surface area contributed by atoms with Crippen molar-refractivity contribution in [2.45, 2.75) is 26.8 Å². The minimum Gasteiger partial charge on any atom is -0.484 e. The first-order valence-corrected chi connectivity index (χ1v) is 7.81. The molecule has 5 nitrogen and oxygen atoms in total. The number of anilines is 1. The second-order valence-corrected chi connectivity index (χ2v) is 5.64. The van der Waals surface area contributed by atoms with Crippen LogP contribution < -0.4 is 15.4 Å². The molecule has 2 aromatic carbocycles. The smallest absolute Gasteiger partial charge is 0.258 e. The van der Waals surface area contributed by atoms with Crippen molar-refractivity contribution in [3.05, 3.63) is 59.7 Å².